The third-order valence-corrected chi connectivity index (χ3v) is 5.51. The number of para-hydroxylation sites is 1. The molecule has 32 heavy (non-hydrogen) atoms. The van der Waals surface area contributed by atoms with E-state index < -0.39 is 0 Å². The Labute approximate surface area is 188 Å². The summed E-state index contributed by atoms with van der Waals surface area (Å²) in [7, 11) is 3.21. The largest absolute Gasteiger partial charge is 0.493 e. The number of carbonyl (C=O) groups is 1. The first-order valence-electron chi connectivity index (χ1n) is 10.6. The number of carbonyl (C=O) groups excluding carboxylic acids is 1. The molecule has 3 aromatic rings. The summed E-state index contributed by atoms with van der Waals surface area (Å²) in [6.07, 6.45) is 0.440. The van der Waals surface area contributed by atoms with Gasteiger partial charge in [-0.25, -0.2) is 0 Å². The van der Waals surface area contributed by atoms with E-state index in [0.29, 0.717) is 30.3 Å². The second-order valence-corrected chi connectivity index (χ2v) is 7.59. The molecule has 0 heterocycles. The molecule has 0 saturated heterocycles. The smallest absolute Gasteiger partial charge is 0.258 e. The normalized spacial score (nSPS) is 16.8. The van der Waals surface area contributed by atoms with Crippen LogP contribution in [0.25, 0.3) is 0 Å². The molecule has 6 nitrogen and oxygen atoms in total. The minimum absolute atomic E-state index is 0.0749. The Bertz CT molecular complexity index is 1040. The molecule has 0 aliphatic heterocycles. The molecule has 1 N–H and O–H groups in total. The summed E-state index contributed by atoms with van der Waals surface area (Å²) in [6, 6.07) is 22.8. The molecule has 3 aromatic carbocycles. The van der Waals surface area contributed by atoms with E-state index in [4.69, 9.17) is 18.9 Å². The minimum atomic E-state index is -0.319. The molecule has 1 aliphatic carbocycles. The molecular weight excluding hydrogens is 406 g/mol. The first kappa shape index (κ1) is 21.7. The highest BCUT2D eigenvalue weighted by molar-refractivity contribution is 5.78. The average molecular weight is 434 g/mol. The van der Waals surface area contributed by atoms with E-state index >= 15 is 0 Å². The minimum Gasteiger partial charge on any atom is -0.493 e. The maximum atomic E-state index is 12.7. The van der Waals surface area contributed by atoms with Gasteiger partial charge in [-0.15, -0.1) is 0 Å². The Hall–Kier alpha value is -3.51. The fraction of sp³-hybridized carbons (Fsp3) is 0.269. The second kappa shape index (κ2) is 10.2. The molecule has 0 spiro atoms. The van der Waals surface area contributed by atoms with Gasteiger partial charge in [-0.05, 0) is 41.0 Å². The maximum Gasteiger partial charge on any atom is 0.258 e. The van der Waals surface area contributed by atoms with E-state index in [9.17, 15) is 4.79 Å². The molecule has 0 aromatic heterocycles. The molecule has 0 radical (unpaired) electrons. The number of hydrogen-bond donors (Lipinski definition) is 1. The average Bonchev–Trinajstić information content (AvgIpc) is 3.17. The van der Waals surface area contributed by atoms with Crippen molar-refractivity contribution in [2.24, 2.45) is 0 Å². The van der Waals surface area contributed by atoms with Gasteiger partial charge in [-0.3, -0.25) is 4.79 Å². The van der Waals surface area contributed by atoms with Crippen molar-refractivity contribution in [3.63, 3.8) is 0 Å². The molecule has 6 heteroatoms. The molecule has 1 amide bonds. The molecule has 1 aliphatic rings. The number of fused-ring (bicyclic) bond motifs is 1. The molecule has 166 valence electrons. The number of rotatable bonds is 9. The lowest BCUT2D eigenvalue weighted by Crippen LogP contribution is -2.37. The van der Waals surface area contributed by atoms with Crippen molar-refractivity contribution in [2.45, 2.75) is 25.2 Å². The van der Waals surface area contributed by atoms with E-state index in [1.165, 1.54) is 0 Å². The van der Waals surface area contributed by atoms with Gasteiger partial charge in [0.2, 0.25) is 0 Å². The van der Waals surface area contributed by atoms with E-state index in [1.54, 1.807) is 14.2 Å². The molecule has 0 unspecified atom stereocenters. The Morgan fingerprint density at radius 3 is 2.28 bits per heavy atom. The number of hydrogen-bond acceptors (Lipinski definition) is 5. The summed E-state index contributed by atoms with van der Waals surface area (Å²) >= 11 is 0. The Morgan fingerprint density at radius 1 is 0.938 bits per heavy atom. The van der Waals surface area contributed by atoms with E-state index in [1.807, 2.05) is 72.8 Å². The second-order valence-electron chi connectivity index (χ2n) is 7.59. The summed E-state index contributed by atoms with van der Waals surface area (Å²) in [6.45, 7) is 0.384. The SMILES string of the molecule is COc1cc2c(cc1OC)[C@@H](NC(=O)COc1ccccc1)[C@H](OCc1ccccc1)C2. The molecule has 4 rings (SSSR count). The van der Waals surface area contributed by atoms with E-state index in [0.717, 1.165) is 16.7 Å². The van der Waals surface area contributed by atoms with Crippen LogP contribution >= 0.6 is 0 Å². The first-order chi connectivity index (χ1) is 15.7. The van der Waals surface area contributed by atoms with Gasteiger partial charge < -0.3 is 24.3 Å². The summed E-state index contributed by atoms with van der Waals surface area (Å²) in [5, 5.41) is 3.10. The molecule has 0 saturated carbocycles. The van der Waals surface area contributed by atoms with Crippen LogP contribution in [0.5, 0.6) is 17.2 Å². The van der Waals surface area contributed by atoms with Gasteiger partial charge in [0.05, 0.1) is 33.0 Å². The molecule has 0 bridgehead atoms. The van der Waals surface area contributed by atoms with Crippen molar-refractivity contribution in [1.29, 1.82) is 0 Å². The van der Waals surface area contributed by atoms with Crippen LogP contribution in [0.4, 0.5) is 0 Å². The summed E-state index contributed by atoms with van der Waals surface area (Å²) in [5.41, 5.74) is 3.11. The monoisotopic (exact) mass is 433 g/mol. The fourth-order valence-corrected chi connectivity index (χ4v) is 3.92. The van der Waals surface area contributed by atoms with Crippen LogP contribution in [0.15, 0.2) is 72.8 Å². The van der Waals surface area contributed by atoms with Crippen molar-refractivity contribution >= 4 is 5.91 Å². The van der Waals surface area contributed by atoms with Crippen molar-refractivity contribution in [3.05, 3.63) is 89.5 Å². The zero-order chi connectivity index (χ0) is 22.3. The van der Waals surface area contributed by atoms with Crippen LogP contribution in [0.3, 0.4) is 0 Å². The number of ether oxygens (including phenoxy) is 4. The Balaban J connectivity index is 1.51. The number of benzene rings is 3. The predicted octanol–water partition coefficient (Wildman–Crippen LogP) is 4.08. The topological polar surface area (TPSA) is 66.0 Å². The van der Waals surface area contributed by atoms with Crippen LogP contribution in [0.1, 0.15) is 22.7 Å². The van der Waals surface area contributed by atoms with Gasteiger partial charge in [-0.2, -0.15) is 0 Å². The van der Waals surface area contributed by atoms with Gasteiger partial charge in [0, 0.05) is 6.42 Å². The number of amides is 1. The third-order valence-electron chi connectivity index (χ3n) is 5.51. The molecule has 2 atom stereocenters. The van der Waals surface area contributed by atoms with Gasteiger partial charge in [0.15, 0.2) is 18.1 Å². The highest BCUT2D eigenvalue weighted by Crippen LogP contribution is 2.40. The first-order valence-corrected chi connectivity index (χ1v) is 10.6. The van der Waals surface area contributed by atoms with Crippen molar-refractivity contribution < 1.29 is 23.7 Å². The number of nitrogens with one attached hydrogen (secondary N) is 1. The highest BCUT2D eigenvalue weighted by Gasteiger charge is 2.36. The molecule has 0 fully saturated rings. The van der Waals surface area contributed by atoms with Gasteiger partial charge in [0.1, 0.15) is 5.75 Å². The zero-order valence-corrected chi connectivity index (χ0v) is 18.2. The highest BCUT2D eigenvalue weighted by atomic mass is 16.5. The third kappa shape index (κ3) is 5.03. The van der Waals surface area contributed by atoms with Crippen LogP contribution < -0.4 is 19.5 Å². The quantitative estimate of drug-likeness (QED) is 0.551. The van der Waals surface area contributed by atoms with Crippen molar-refractivity contribution in [2.75, 3.05) is 20.8 Å². The Kier molecular flexibility index (Phi) is 6.92. The van der Waals surface area contributed by atoms with E-state index in [-0.39, 0.29) is 24.7 Å². The van der Waals surface area contributed by atoms with Gasteiger partial charge in [0.25, 0.3) is 5.91 Å². The molecular formula is C26H27NO5. The summed E-state index contributed by atoms with van der Waals surface area (Å²) in [4.78, 5) is 12.7. The fourth-order valence-electron chi connectivity index (χ4n) is 3.92. The summed E-state index contributed by atoms with van der Waals surface area (Å²) < 4.78 is 22.8. The van der Waals surface area contributed by atoms with Crippen LogP contribution in [0.2, 0.25) is 0 Å². The zero-order valence-electron chi connectivity index (χ0n) is 18.2. The lowest BCUT2D eigenvalue weighted by Gasteiger charge is -2.23. The predicted molar refractivity (Wildman–Crippen MR) is 121 cm³/mol. The number of methoxy groups -OCH3 is 2. The van der Waals surface area contributed by atoms with Crippen LogP contribution in [0, 0.1) is 0 Å². The van der Waals surface area contributed by atoms with Crippen LogP contribution in [-0.2, 0) is 22.6 Å². The van der Waals surface area contributed by atoms with E-state index in [2.05, 4.69) is 5.32 Å². The van der Waals surface area contributed by atoms with Gasteiger partial charge >= 0.3 is 0 Å². The Morgan fingerprint density at radius 2 is 1.59 bits per heavy atom. The standard InChI is InChI=1S/C26H27NO5/c1-29-22-13-19-14-24(32-16-18-9-5-3-6-10-18)26(21(19)15-23(22)30-2)27-25(28)17-31-20-11-7-4-8-12-20/h3-13,15,24,26H,14,16-17H2,1-2H3,(H,27,28)/t24-,26-/m1/s1. The van der Waals surface area contributed by atoms with Crippen molar-refractivity contribution in [1.82, 2.24) is 5.32 Å². The lowest BCUT2D eigenvalue weighted by atomic mass is 10.1. The van der Waals surface area contributed by atoms with Crippen LogP contribution in [-0.4, -0.2) is 32.8 Å². The van der Waals surface area contributed by atoms with Crippen molar-refractivity contribution in [3.8, 4) is 17.2 Å². The maximum absolute atomic E-state index is 12.7. The summed E-state index contributed by atoms with van der Waals surface area (Å²) in [5.74, 6) is 1.72. The lowest BCUT2D eigenvalue weighted by molar-refractivity contribution is -0.125. The van der Waals surface area contributed by atoms with Gasteiger partial charge in [-0.1, -0.05) is 48.5 Å².